The van der Waals surface area contributed by atoms with Gasteiger partial charge in [-0.05, 0) is 6.42 Å². The number of rotatable bonds is 8. The lowest BCUT2D eigenvalue weighted by Gasteiger charge is -2.21. The summed E-state index contributed by atoms with van der Waals surface area (Å²) in [6.45, 7) is 0.603. The number of hydrogen-bond acceptors (Lipinski definition) is 4. The molecule has 0 aliphatic heterocycles. The van der Waals surface area contributed by atoms with E-state index in [-0.39, 0.29) is 6.54 Å². The molecule has 0 aromatic carbocycles. The van der Waals surface area contributed by atoms with Crippen molar-refractivity contribution in [2.45, 2.75) is 13.3 Å². The maximum Gasteiger partial charge on any atom is 0.318 e. The molecule has 0 aliphatic rings. The van der Waals surface area contributed by atoms with Crippen LogP contribution in [0.5, 0.6) is 0 Å². The Balaban J connectivity index is 4.50. The van der Waals surface area contributed by atoms with Gasteiger partial charge in [0.25, 0.3) is 0 Å². The molecule has 0 rings (SSSR count). The zero-order chi connectivity index (χ0) is 15.0. The Hall–Kier alpha value is -2.32. The van der Waals surface area contributed by atoms with Crippen molar-refractivity contribution in [2.75, 3.05) is 19.6 Å². The van der Waals surface area contributed by atoms with Gasteiger partial charge in [-0.1, -0.05) is 6.92 Å². The van der Waals surface area contributed by atoms with Crippen molar-refractivity contribution in [3.63, 3.8) is 0 Å². The molecule has 0 aromatic rings. The zero-order valence-electron chi connectivity index (χ0n) is 10.6. The first-order chi connectivity index (χ1) is 8.77. The number of primary amides is 2. The Kier molecular flexibility index (Phi) is 6.94. The average Bonchev–Trinajstić information content (AvgIpc) is 2.26. The van der Waals surface area contributed by atoms with Gasteiger partial charge in [-0.3, -0.25) is 14.4 Å². The number of nitrogens with two attached hydrogens (primary N) is 2. The minimum Gasteiger partial charge on any atom is -0.481 e. The summed E-state index contributed by atoms with van der Waals surface area (Å²) in [6, 6.07) is -0.766. The summed E-state index contributed by atoms with van der Waals surface area (Å²) in [6.07, 6.45) is 0.335. The fourth-order valence-corrected chi connectivity index (χ4v) is 1.30. The summed E-state index contributed by atoms with van der Waals surface area (Å²) in [7, 11) is 0. The van der Waals surface area contributed by atoms with Crippen LogP contribution in [0.25, 0.3) is 0 Å². The lowest BCUT2D eigenvalue weighted by molar-refractivity contribution is -0.141. The number of nitrogens with zero attached hydrogens (tertiary/aromatic N) is 1. The standard InChI is InChI=1S/C10H18N4O5/c1-2-6(9(17)18)3-13-10(19)14(4-7(11)15)5-8(12)16/h6H,2-5H2,1H3,(H2,11,15)(H2,12,16)(H,13,19)(H,17,18). The summed E-state index contributed by atoms with van der Waals surface area (Å²) in [4.78, 5) is 44.7. The van der Waals surface area contributed by atoms with Gasteiger partial charge in [-0.15, -0.1) is 0 Å². The van der Waals surface area contributed by atoms with E-state index in [1.807, 2.05) is 0 Å². The highest BCUT2D eigenvalue weighted by Crippen LogP contribution is 2.01. The third-order valence-corrected chi connectivity index (χ3v) is 2.32. The Morgan fingerprint density at radius 3 is 1.95 bits per heavy atom. The Morgan fingerprint density at radius 2 is 1.63 bits per heavy atom. The third kappa shape index (κ3) is 6.86. The van der Waals surface area contributed by atoms with E-state index in [0.717, 1.165) is 4.90 Å². The van der Waals surface area contributed by atoms with Crippen LogP contribution in [0.15, 0.2) is 0 Å². The fraction of sp³-hybridized carbons (Fsp3) is 0.600. The summed E-state index contributed by atoms with van der Waals surface area (Å²) in [5.41, 5.74) is 9.86. The summed E-state index contributed by atoms with van der Waals surface area (Å²) >= 11 is 0. The smallest absolute Gasteiger partial charge is 0.318 e. The van der Waals surface area contributed by atoms with E-state index < -0.39 is 42.8 Å². The van der Waals surface area contributed by atoms with Gasteiger partial charge < -0.3 is 26.8 Å². The van der Waals surface area contributed by atoms with Crippen LogP contribution in [0.1, 0.15) is 13.3 Å². The SMILES string of the molecule is CCC(CNC(=O)N(CC(N)=O)CC(N)=O)C(=O)O. The fourth-order valence-electron chi connectivity index (χ4n) is 1.30. The van der Waals surface area contributed by atoms with Crippen LogP contribution in [-0.4, -0.2) is 53.5 Å². The molecule has 0 radical (unpaired) electrons. The summed E-state index contributed by atoms with van der Waals surface area (Å²) in [5, 5.41) is 11.1. The van der Waals surface area contributed by atoms with Crippen LogP contribution in [0, 0.1) is 5.92 Å². The van der Waals surface area contributed by atoms with Gasteiger partial charge in [0, 0.05) is 6.54 Å². The normalized spacial score (nSPS) is 11.4. The predicted octanol–water partition coefficient (Wildman–Crippen LogP) is -1.92. The van der Waals surface area contributed by atoms with Crippen molar-refractivity contribution in [3.8, 4) is 0 Å². The Labute approximate surface area is 109 Å². The predicted molar refractivity (Wildman–Crippen MR) is 64.8 cm³/mol. The number of carboxylic acid groups (broad SMARTS) is 1. The van der Waals surface area contributed by atoms with E-state index in [0.29, 0.717) is 6.42 Å². The van der Waals surface area contributed by atoms with E-state index in [4.69, 9.17) is 16.6 Å². The Morgan fingerprint density at radius 1 is 1.16 bits per heavy atom. The molecule has 0 bridgehead atoms. The molecule has 0 aliphatic carbocycles. The van der Waals surface area contributed by atoms with Crippen LogP contribution >= 0.6 is 0 Å². The molecule has 0 spiro atoms. The molecular formula is C10H18N4O5. The number of nitrogens with one attached hydrogen (secondary N) is 1. The number of amides is 4. The molecule has 19 heavy (non-hydrogen) atoms. The van der Waals surface area contributed by atoms with Crippen molar-refractivity contribution in [1.82, 2.24) is 10.2 Å². The number of carbonyl (C=O) groups is 4. The van der Waals surface area contributed by atoms with E-state index in [9.17, 15) is 19.2 Å². The zero-order valence-corrected chi connectivity index (χ0v) is 10.6. The molecule has 0 aromatic heterocycles. The van der Waals surface area contributed by atoms with E-state index >= 15 is 0 Å². The highest BCUT2D eigenvalue weighted by atomic mass is 16.4. The topological polar surface area (TPSA) is 156 Å². The maximum atomic E-state index is 11.7. The number of carboxylic acids is 1. The lowest BCUT2D eigenvalue weighted by Crippen LogP contribution is -2.49. The molecule has 9 heteroatoms. The van der Waals surface area contributed by atoms with Crippen LogP contribution in [-0.2, 0) is 14.4 Å². The van der Waals surface area contributed by atoms with E-state index in [2.05, 4.69) is 5.32 Å². The molecule has 1 unspecified atom stereocenters. The largest absolute Gasteiger partial charge is 0.481 e. The molecule has 6 N–H and O–H groups in total. The number of aliphatic carboxylic acids is 1. The van der Waals surface area contributed by atoms with Gasteiger partial charge in [0.2, 0.25) is 11.8 Å². The second-order valence-corrected chi connectivity index (χ2v) is 3.92. The van der Waals surface area contributed by atoms with Crippen molar-refractivity contribution in [1.29, 1.82) is 0 Å². The lowest BCUT2D eigenvalue weighted by atomic mass is 10.1. The average molecular weight is 274 g/mol. The minimum absolute atomic E-state index is 0.112. The molecule has 0 saturated heterocycles. The third-order valence-electron chi connectivity index (χ3n) is 2.32. The molecule has 9 nitrogen and oxygen atoms in total. The first-order valence-corrected chi connectivity index (χ1v) is 5.60. The first kappa shape index (κ1) is 16.7. The van der Waals surface area contributed by atoms with Crippen LogP contribution < -0.4 is 16.8 Å². The first-order valence-electron chi connectivity index (χ1n) is 5.60. The van der Waals surface area contributed by atoms with Crippen LogP contribution in [0.4, 0.5) is 4.79 Å². The highest BCUT2D eigenvalue weighted by Gasteiger charge is 2.21. The molecule has 0 fully saturated rings. The van der Waals surface area contributed by atoms with Crippen LogP contribution in [0.2, 0.25) is 0 Å². The summed E-state index contributed by atoms with van der Waals surface area (Å²) < 4.78 is 0. The summed E-state index contributed by atoms with van der Waals surface area (Å²) in [5.74, 6) is -3.39. The molecule has 0 saturated carbocycles. The van der Waals surface area contributed by atoms with Gasteiger partial charge in [-0.2, -0.15) is 0 Å². The molecular weight excluding hydrogens is 256 g/mol. The van der Waals surface area contributed by atoms with Crippen molar-refractivity contribution in [3.05, 3.63) is 0 Å². The number of hydrogen-bond donors (Lipinski definition) is 4. The minimum atomic E-state index is -1.04. The van der Waals surface area contributed by atoms with Gasteiger partial charge in [0.15, 0.2) is 0 Å². The highest BCUT2D eigenvalue weighted by molar-refractivity contribution is 5.87. The quantitative estimate of drug-likeness (QED) is 0.406. The number of carbonyl (C=O) groups excluding carboxylic acids is 3. The monoisotopic (exact) mass is 274 g/mol. The number of urea groups is 1. The van der Waals surface area contributed by atoms with Gasteiger partial charge >= 0.3 is 12.0 Å². The van der Waals surface area contributed by atoms with Gasteiger partial charge in [0.1, 0.15) is 13.1 Å². The van der Waals surface area contributed by atoms with Crippen molar-refractivity contribution >= 4 is 23.8 Å². The molecule has 4 amide bonds. The van der Waals surface area contributed by atoms with Crippen LogP contribution in [0.3, 0.4) is 0 Å². The molecule has 108 valence electrons. The van der Waals surface area contributed by atoms with Crippen molar-refractivity contribution in [2.24, 2.45) is 17.4 Å². The maximum absolute atomic E-state index is 11.7. The second kappa shape index (κ2) is 7.90. The van der Waals surface area contributed by atoms with Gasteiger partial charge in [-0.25, -0.2) is 4.79 Å². The van der Waals surface area contributed by atoms with E-state index in [1.165, 1.54) is 0 Å². The second-order valence-electron chi connectivity index (χ2n) is 3.92. The molecule has 0 heterocycles. The Bertz CT molecular complexity index is 355. The van der Waals surface area contributed by atoms with Crippen molar-refractivity contribution < 1.29 is 24.3 Å². The molecule has 1 atom stereocenters. The van der Waals surface area contributed by atoms with Gasteiger partial charge in [0.05, 0.1) is 5.92 Å². The van der Waals surface area contributed by atoms with E-state index in [1.54, 1.807) is 6.92 Å².